The van der Waals surface area contributed by atoms with Crippen LogP contribution in [0, 0.1) is 0 Å². The number of nitrogens with zero attached hydrogens (tertiary/aromatic N) is 1. The van der Waals surface area contributed by atoms with Gasteiger partial charge in [0.2, 0.25) is 5.91 Å². The number of carbonyl (C=O) groups is 1. The minimum atomic E-state index is -2.47. The van der Waals surface area contributed by atoms with Crippen molar-refractivity contribution in [2.75, 3.05) is 18.4 Å². The number of amides is 1. The molecular weight excluding hydrogens is 282 g/mol. The van der Waals surface area contributed by atoms with E-state index in [4.69, 9.17) is 0 Å². The fourth-order valence-corrected chi connectivity index (χ4v) is 2.89. The highest BCUT2D eigenvalue weighted by Crippen LogP contribution is 2.32. The first-order valence-corrected chi connectivity index (χ1v) is 7.55. The smallest absolute Gasteiger partial charge is 0.288 e. The largest absolute Gasteiger partial charge is 0.373 e. The maximum absolute atomic E-state index is 12.5. The number of nitrogens with one attached hydrogen (secondary N) is 1. The van der Waals surface area contributed by atoms with Crippen molar-refractivity contribution in [1.29, 1.82) is 0 Å². The van der Waals surface area contributed by atoms with Crippen molar-refractivity contribution in [3.63, 3.8) is 0 Å². The van der Waals surface area contributed by atoms with Crippen LogP contribution >= 0.6 is 11.8 Å². The molecule has 3 nitrogen and oxygen atoms in total. The third-order valence-corrected chi connectivity index (χ3v) is 4.05. The van der Waals surface area contributed by atoms with E-state index >= 15 is 0 Å². The number of anilines is 1. The molecule has 0 spiro atoms. The summed E-state index contributed by atoms with van der Waals surface area (Å²) < 4.78 is 25.0. The molecule has 1 saturated heterocycles. The lowest BCUT2D eigenvalue weighted by Gasteiger charge is -2.22. The number of para-hydroxylation sites is 1. The number of likely N-dealkylation sites (tertiary alicyclic amines) is 1. The molecule has 0 aliphatic carbocycles. The van der Waals surface area contributed by atoms with Crippen molar-refractivity contribution in [3.8, 4) is 0 Å². The Hall–Kier alpha value is -1.30. The van der Waals surface area contributed by atoms with Crippen molar-refractivity contribution in [1.82, 2.24) is 4.90 Å². The predicted molar refractivity (Wildman–Crippen MR) is 77.2 cm³/mol. The molecule has 0 radical (unpaired) electrons. The van der Waals surface area contributed by atoms with Gasteiger partial charge in [-0.25, -0.2) is 0 Å². The molecule has 1 aliphatic heterocycles. The Labute approximate surface area is 121 Å². The van der Waals surface area contributed by atoms with Crippen LogP contribution in [0.2, 0.25) is 0 Å². The van der Waals surface area contributed by atoms with Crippen molar-refractivity contribution in [2.24, 2.45) is 0 Å². The molecule has 0 aromatic heterocycles. The first-order valence-electron chi connectivity index (χ1n) is 6.67. The summed E-state index contributed by atoms with van der Waals surface area (Å²) in [6.07, 6.45) is 2.08. The van der Waals surface area contributed by atoms with Crippen molar-refractivity contribution in [3.05, 3.63) is 24.3 Å². The molecule has 1 aromatic carbocycles. The Bertz CT molecular complexity index is 464. The number of hydrogen-bond donors (Lipinski definition) is 1. The molecular formula is C14H18F2N2OS. The lowest BCUT2D eigenvalue weighted by Crippen LogP contribution is -2.39. The highest BCUT2D eigenvalue weighted by atomic mass is 32.2. The van der Waals surface area contributed by atoms with Gasteiger partial charge in [0.25, 0.3) is 5.76 Å². The maximum atomic E-state index is 12.5. The number of thioether (sulfide) groups is 1. The van der Waals surface area contributed by atoms with Gasteiger partial charge in [-0.3, -0.25) is 4.79 Å². The molecule has 1 aliphatic rings. The zero-order valence-electron chi connectivity index (χ0n) is 11.3. The molecule has 1 atom stereocenters. The van der Waals surface area contributed by atoms with E-state index in [1.165, 1.54) is 0 Å². The summed E-state index contributed by atoms with van der Waals surface area (Å²) in [7, 11) is 0. The van der Waals surface area contributed by atoms with Crippen LogP contribution in [0.1, 0.15) is 19.8 Å². The molecule has 2 rings (SSSR count). The molecule has 110 valence electrons. The lowest BCUT2D eigenvalue weighted by atomic mass is 10.2. The van der Waals surface area contributed by atoms with Crippen molar-refractivity contribution in [2.45, 2.75) is 36.5 Å². The van der Waals surface area contributed by atoms with E-state index < -0.39 is 11.8 Å². The summed E-state index contributed by atoms with van der Waals surface area (Å²) in [6.45, 7) is 3.35. The molecule has 20 heavy (non-hydrogen) atoms. The van der Waals surface area contributed by atoms with Crippen LogP contribution in [0.15, 0.2) is 29.2 Å². The first kappa shape index (κ1) is 15.1. The Morgan fingerprint density at radius 1 is 1.30 bits per heavy atom. The zero-order valence-corrected chi connectivity index (χ0v) is 12.1. The summed E-state index contributed by atoms with van der Waals surface area (Å²) in [4.78, 5) is 14.5. The minimum absolute atomic E-state index is 0.0272. The Morgan fingerprint density at radius 2 is 1.95 bits per heavy atom. The van der Waals surface area contributed by atoms with Crippen LogP contribution in [-0.4, -0.2) is 35.7 Å². The number of hydrogen-bond acceptors (Lipinski definition) is 3. The summed E-state index contributed by atoms with van der Waals surface area (Å²) in [5, 5.41) is 3.05. The number of carbonyl (C=O) groups excluding carboxylic acids is 1. The standard InChI is InChI=1S/C14H18F2N2OS/c1-10(13(19)18-8-4-5-9-18)17-11-6-2-3-7-12(11)20-14(15)16/h2-3,6-7,10,14,17H,4-5,8-9H2,1H3. The predicted octanol–water partition coefficient (Wildman–Crippen LogP) is 3.42. The molecule has 6 heteroatoms. The Morgan fingerprint density at radius 3 is 2.60 bits per heavy atom. The van der Waals surface area contributed by atoms with Crippen molar-refractivity contribution < 1.29 is 13.6 Å². The normalized spacial score (nSPS) is 16.5. The van der Waals surface area contributed by atoms with Crippen LogP contribution < -0.4 is 5.32 Å². The van der Waals surface area contributed by atoms with Gasteiger partial charge >= 0.3 is 0 Å². The van der Waals surface area contributed by atoms with Crippen molar-refractivity contribution >= 4 is 23.4 Å². The minimum Gasteiger partial charge on any atom is -0.373 e. The fourth-order valence-electron chi connectivity index (χ4n) is 2.29. The average Bonchev–Trinajstić information content (AvgIpc) is 2.93. The lowest BCUT2D eigenvalue weighted by molar-refractivity contribution is -0.130. The van der Waals surface area contributed by atoms with Crippen LogP contribution in [0.3, 0.4) is 0 Å². The van der Waals surface area contributed by atoms with E-state index in [9.17, 15) is 13.6 Å². The van der Waals surface area contributed by atoms with Crippen LogP contribution in [0.4, 0.5) is 14.5 Å². The Balaban J connectivity index is 2.03. The second-order valence-electron chi connectivity index (χ2n) is 4.77. The van der Waals surface area contributed by atoms with Gasteiger partial charge in [-0.05, 0) is 31.9 Å². The summed E-state index contributed by atoms with van der Waals surface area (Å²) in [6, 6.07) is 6.42. The Kier molecular flexibility index (Phi) is 5.23. The van der Waals surface area contributed by atoms with Gasteiger partial charge in [0.15, 0.2) is 0 Å². The zero-order chi connectivity index (χ0) is 14.5. The summed E-state index contributed by atoms with van der Waals surface area (Å²) >= 11 is 0.490. The molecule has 1 fully saturated rings. The fraction of sp³-hybridized carbons (Fsp3) is 0.500. The van der Waals surface area contributed by atoms with Gasteiger partial charge < -0.3 is 10.2 Å². The molecule has 0 bridgehead atoms. The van der Waals surface area contributed by atoms with Crippen LogP contribution in [-0.2, 0) is 4.79 Å². The van der Waals surface area contributed by atoms with E-state index in [0.29, 0.717) is 22.3 Å². The monoisotopic (exact) mass is 300 g/mol. The van der Waals surface area contributed by atoms with Crippen LogP contribution in [0.25, 0.3) is 0 Å². The molecule has 0 saturated carbocycles. The third kappa shape index (κ3) is 3.85. The number of benzene rings is 1. The van der Waals surface area contributed by atoms with E-state index in [2.05, 4.69) is 5.32 Å². The number of alkyl halides is 2. The van der Waals surface area contributed by atoms with Gasteiger partial charge in [-0.15, -0.1) is 0 Å². The molecule has 1 amide bonds. The van der Waals surface area contributed by atoms with E-state index in [1.54, 1.807) is 31.2 Å². The van der Waals surface area contributed by atoms with E-state index in [-0.39, 0.29) is 5.91 Å². The summed E-state index contributed by atoms with van der Waals surface area (Å²) in [5.41, 5.74) is 0.581. The molecule has 1 heterocycles. The summed E-state index contributed by atoms with van der Waals surface area (Å²) in [5.74, 6) is -2.44. The molecule has 1 unspecified atom stereocenters. The average molecular weight is 300 g/mol. The number of rotatable bonds is 5. The van der Waals surface area contributed by atoms with E-state index in [0.717, 1.165) is 25.9 Å². The first-order chi connectivity index (χ1) is 9.58. The second kappa shape index (κ2) is 6.92. The second-order valence-corrected chi connectivity index (χ2v) is 5.80. The quantitative estimate of drug-likeness (QED) is 0.846. The topological polar surface area (TPSA) is 32.3 Å². The van der Waals surface area contributed by atoms with Crippen LogP contribution in [0.5, 0.6) is 0 Å². The van der Waals surface area contributed by atoms with Gasteiger partial charge in [0.05, 0.1) is 0 Å². The van der Waals surface area contributed by atoms with Gasteiger partial charge in [0.1, 0.15) is 6.04 Å². The van der Waals surface area contributed by atoms with Gasteiger partial charge in [0, 0.05) is 23.7 Å². The highest BCUT2D eigenvalue weighted by Gasteiger charge is 2.23. The SMILES string of the molecule is CC(Nc1ccccc1SC(F)F)C(=O)N1CCCC1. The van der Waals surface area contributed by atoms with E-state index in [1.807, 2.05) is 4.90 Å². The molecule has 1 N–H and O–H groups in total. The number of halogens is 2. The maximum Gasteiger partial charge on any atom is 0.288 e. The highest BCUT2D eigenvalue weighted by molar-refractivity contribution is 7.99. The third-order valence-electron chi connectivity index (χ3n) is 3.26. The molecule has 1 aromatic rings. The van der Waals surface area contributed by atoms with Gasteiger partial charge in [-0.2, -0.15) is 8.78 Å². The van der Waals surface area contributed by atoms with Gasteiger partial charge in [-0.1, -0.05) is 23.9 Å².